The van der Waals surface area contributed by atoms with Crippen molar-refractivity contribution in [2.75, 3.05) is 0 Å². The van der Waals surface area contributed by atoms with Crippen molar-refractivity contribution in [1.82, 2.24) is 19.5 Å². The molecule has 3 aromatic rings. The number of hydrogen-bond acceptors (Lipinski definition) is 4. The molecule has 3 rings (SSSR count). The van der Waals surface area contributed by atoms with Crippen LogP contribution in [0.3, 0.4) is 0 Å². The lowest BCUT2D eigenvalue weighted by Gasteiger charge is -1.94. The highest BCUT2D eigenvalue weighted by molar-refractivity contribution is 9.10. The molecule has 3 heterocycles. The van der Waals surface area contributed by atoms with Crippen LogP contribution in [0.2, 0.25) is 0 Å². The van der Waals surface area contributed by atoms with Crippen molar-refractivity contribution in [3.05, 3.63) is 37.8 Å². The molecule has 0 amide bonds. The molecule has 7 nitrogen and oxygen atoms in total. The van der Waals surface area contributed by atoms with Crippen molar-refractivity contribution >= 4 is 27.1 Å². The number of nitrogens with one attached hydrogen (secondary N) is 2. The maximum Gasteiger partial charge on any atom is 0.329 e. The van der Waals surface area contributed by atoms with Crippen LogP contribution >= 0.6 is 15.9 Å². The first-order valence-electron chi connectivity index (χ1n) is 5.00. The molecule has 2 N–H and O–H groups in total. The molecule has 18 heavy (non-hydrogen) atoms. The Bertz CT molecular complexity index is 854. The van der Waals surface area contributed by atoms with Gasteiger partial charge in [0.1, 0.15) is 11.3 Å². The maximum atomic E-state index is 11.6. The first-order valence-corrected chi connectivity index (χ1v) is 5.79. The average molecular weight is 311 g/mol. The average Bonchev–Trinajstić information content (AvgIpc) is 2.92. The predicted molar refractivity (Wildman–Crippen MR) is 67.4 cm³/mol. The highest BCUT2D eigenvalue weighted by Crippen LogP contribution is 2.27. The summed E-state index contributed by atoms with van der Waals surface area (Å²) in [6, 6.07) is 1.70. The van der Waals surface area contributed by atoms with Crippen molar-refractivity contribution in [3.8, 4) is 11.4 Å². The second-order valence-corrected chi connectivity index (χ2v) is 4.43. The van der Waals surface area contributed by atoms with Gasteiger partial charge in [0.15, 0.2) is 10.3 Å². The zero-order chi connectivity index (χ0) is 12.9. The van der Waals surface area contributed by atoms with Crippen molar-refractivity contribution in [2.45, 2.75) is 0 Å². The van der Waals surface area contributed by atoms with Crippen LogP contribution in [0.15, 0.2) is 31.0 Å². The van der Waals surface area contributed by atoms with Crippen LogP contribution in [0.25, 0.3) is 22.6 Å². The smallest absolute Gasteiger partial charge is 0.329 e. The Hall–Kier alpha value is -2.09. The summed E-state index contributed by atoms with van der Waals surface area (Å²) in [5.41, 5.74) is 0.230. The van der Waals surface area contributed by atoms with Crippen molar-refractivity contribution < 1.29 is 4.42 Å². The summed E-state index contributed by atoms with van der Waals surface area (Å²) in [6.45, 7) is 0. The number of aromatic nitrogens is 4. The molecule has 0 aromatic carbocycles. The largest absolute Gasteiger partial charge is 0.457 e. The minimum Gasteiger partial charge on any atom is -0.457 e. The summed E-state index contributed by atoms with van der Waals surface area (Å²) in [4.78, 5) is 32.4. The monoisotopic (exact) mass is 310 g/mol. The number of aryl methyl sites for hydroxylation is 1. The van der Waals surface area contributed by atoms with Gasteiger partial charge in [0.2, 0.25) is 0 Å². The van der Waals surface area contributed by atoms with E-state index in [2.05, 4.69) is 30.9 Å². The number of hydrogen-bond donors (Lipinski definition) is 2. The van der Waals surface area contributed by atoms with Crippen LogP contribution in [0, 0.1) is 0 Å². The number of aromatic amines is 2. The molecule has 0 saturated carbocycles. The molecule has 0 aliphatic heterocycles. The van der Waals surface area contributed by atoms with Gasteiger partial charge in [-0.15, -0.1) is 0 Å². The highest BCUT2D eigenvalue weighted by atomic mass is 79.9. The molecule has 0 bridgehead atoms. The van der Waals surface area contributed by atoms with Gasteiger partial charge in [-0.1, -0.05) is 0 Å². The number of furan rings is 1. The molecule has 0 unspecified atom stereocenters. The van der Waals surface area contributed by atoms with Gasteiger partial charge in [-0.3, -0.25) is 14.3 Å². The van der Waals surface area contributed by atoms with Crippen molar-refractivity contribution in [1.29, 1.82) is 0 Å². The molecule has 92 valence electrons. The molecule has 0 aliphatic rings. The Kier molecular flexibility index (Phi) is 2.27. The molecule has 0 radical (unpaired) electrons. The van der Waals surface area contributed by atoms with Gasteiger partial charge in [-0.25, -0.2) is 9.78 Å². The van der Waals surface area contributed by atoms with Crippen LogP contribution in [-0.4, -0.2) is 19.5 Å². The Morgan fingerprint density at radius 1 is 1.39 bits per heavy atom. The third-order valence-electron chi connectivity index (χ3n) is 2.63. The first kappa shape index (κ1) is 11.0. The van der Waals surface area contributed by atoms with E-state index in [1.54, 1.807) is 6.07 Å². The van der Waals surface area contributed by atoms with Gasteiger partial charge in [0.05, 0.1) is 11.8 Å². The minimum atomic E-state index is -0.503. The second kappa shape index (κ2) is 3.70. The normalized spacial score (nSPS) is 11.2. The summed E-state index contributed by atoms with van der Waals surface area (Å²) >= 11 is 3.23. The number of H-pyrrole nitrogens is 2. The Balaban J connectivity index is 2.40. The SMILES string of the molecule is Cn1c(=O)[nH]c(=O)c2[nH]c(-c3ccoc3Br)nc21. The highest BCUT2D eigenvalue weighted by Gasteiger charge is 2.14. The Morgan fingerprint density at radius 3 is 2.83 bits per heavy atom. The molecule has 3 aromatic heterocycles. The van der Waals surface area contributed by atoms with E-state index in [4.69, 9.17) is 4.42 Å². The summed E-state index contributed by atoms with van der Waals surface area (Å²) in [7, 11) is 1.54. The van der Waals surface area contributed by atoms with Crippen LogP contribution in [-0.2, 0) is 7.05 Å². The molecule has 0 saturated heterocycles. The molecular formula is C10H7BrN4O3. The van der Waals surface area contributed by atoms with Gasteiger partial charge < -0.3 is 9.40 Å². The maximum absolute atomic E-state index is 11.6. The quantitative estimate of drug-likeness (QED) is 0.700. The van der Waals surface area contributed by atoms with E-state index in [1.165, 1.54) is 17.9 Å². The number of imidazole rings is 1. The van der Waals surface area contributed by atoms with Gasteiger partial charge >= 0.3 is 5.69 Å². The molecule has 0 atom stereocenters. The fourth-order valence-electron chi connectivity index (χ4n) is 1.70. The molecule has 0 aliphatic carbocycles. The van der Waals surface area contributed by atoms with Gasteiger partial charge in [0.25, 0.3) is 5.56 Å². The van der Waals surface area contributed by atoms with Crippen molar-refractivity contribution in [2.24, 2.45) is 7.05 Å². The third-order valence-corrected chi connectivity index (χ3v) is 3.24. The fraction of sp³-hybridized carbons (Fsp3) is 0.100. The number of halogens is 1. The van der Waals surface area contributed by atoms with E-state index in [0.717, 1.165) is 0 Å². The van der Waals surface area contributed by atoms with Crippen molar-refractivity contribution in [3.63, 3.8) is 0 Å². The Labute approximate surface area is 108 Å². The number of rotatable bonds is 1. The summed E-state index contributed by atoms with van der Waals surface area (Å²) in [6.07, 6.45) is 1.50. The van der Waals surface area contributed by atoms with E-state index in [-0.39, 0.29) is 5.52 Å². The number of fused-ring (bicyclic) bond motifs is 1. The lowest BCUT2D eigenvalue weighted by molar-refractivity contribution is 0.542. The molecule has 8 heteroatoms. The topological polar surface area (TPSA) is 96.7 Å². The van der Waals surface area contributed by atoms with E-state index >= 15 is 0 Å². The summed E-state index contributed by atoms with van der Waals surface area (Å²) in [5.74, 6) is 0.456. The molecule has 0 fully saturated rings. The van der Waals surface area contributed by atoms with E-state index in [9.17, 15) is 9.59 Å². The third kappa shape index (κ3) is 1.46. The van der Waals surface area contributed by atoms with Gasteiger partial charge in [0, 0.05) is 7.05 Å². The lowest BCUT2D eigenvalue weighted by Crippen LogP contribution is -2.28. The zero-order valence-electron chi connectivity index (χ0n) is 9.15. The minimum absolute atomic E-state index is 0.250. The zero-order valence-corrected chi connectivity index (χ0v) is 10.7. The standard InChI is InChI=1S/C10H7BrN4O3/c1-15-8-5(9(16)14-10(15)17)12-7(13-8)4-2-3-18-6(4)11/h2-3H,1H3,(H,12,13)(H,14,16,17). The lowest BCUT2D eigenvalue weighted by atomic mass is 10.3. The Morgan fingerprint density at radius 2 is 2.17 bits per heavy atom. The number of nitrogens with zero attached hydrogens (tertiary/aromatic N) is 2. The predicted octanol–water partition coefficient (Wildman–Crippen LogP) is 0.972. The van der Waals surface area contributed by atoms with E-state index in [1.807, 2.05) is 0 Å². The van der Waals surface area contributed by atoms with Crippen LogP contribution in [0.4, 0.5) is 0 Å². The van der Waals surface area contributed by atoms with E-state index < -0.39 is 11.2 Å². The van der Waals surface area contributed by atoms with Gasteiger partial charge in [-0.2, -0.15) is 0 Å². The molecule has 0 spiro atoms. The molecular weight excluding hydrogens is 304 g/mol. The fourth-order valence-corrected chi connectivity index (χ4v) is 2.12. The first-order chi connectivity index (χ1) is 8.58. The van der Waals surface area contributed by atoms with Crippen LogP contribution in [0.1, 0.15) is 0 Å². The second-order valence-electron chi connectivity index (χ2n) is 3.71. The summed E-state index contributed by atoms with van der Waals surface area (Å²) < 4.78 is 6.87. The van der Waals surface area contributed by atoms with E-state index in [0.29, 0.717) is 21.7 Å². The summed E-state index contributed by atoms with van der Waals surface area (Å²) in [5, 5.41) is 0. The van der Waals surface area contributed by atoms with Crippen LogP contribution < -0.4 is 11.2 Å². The van der Waals surface area contributed by atoms with Gasteiger partial charge in [-0.05, 0) is 22.0 Å². The van der Waals surface area contributed by atoms with Crippen LogP contribution in [0.5, 0.6) is 0 Å².